The van der Waals surface area contributed by atoms with Crippen LogP contribution in [0.1, 0.15) is 37.7 Å². The summed E-state index contributed by atoms with van der Waals surface area (Å²) in [5, 5.41) is 7.74. The molecule has 10 nitrogen and oxygen atoms in total. The van der Waals surface area contributed by atoms with Gasteiger partial charge in [0.1, 0.15) is 5.54 Å². The topological polar surface area (TPSA) is 133 Å². The molecule has 10 heteroatoms. The normalized spacial score (nSPS) is 18.2. The highest BCUT2D eigenvalue weighted by Crippen LogP contribution is 2.38. The number of nitrogens with one attached hydrogen (secondary N) is 1. The Bertz CT molecular complexity index is 822. The van der Waals surface area contributed by atoms with Crippen LogP contribution in [0.15, 0.2) is 17.2 Å². The summed E-state index contributed by atoms with van der Waals surface area (Å²) in [5.74, 6) is -0.197. The third-order valence-electron chi connectivity index (χ3n) is 5.01. The second-order valence-corrected chi connectivity index (χ2v) is 6.94. The molecule has 156 valence electrons. The fourth-order valence-corrected chi connectivity index (χ4v) is 3.59. The van der Waals surface area contributed by atoms with Gasteiger partial charge in [-0.2, -0.15) is 5.10 Å². The Labute approximate surface area is 168 Å². The van der Waals surface area contributed by atoms with Crippen molar-refractivity contribution in [3.8, 4) is 17.2 Å². The number of carbonyl (C=O) groups excluding carboxylic acids is 3. The van der Waals surface area contributed by atoms with Crippen molar-refractivity contribution in [2.24, 2.45) is 10.8 Å². The molecule has 1 aromatic rings. The number of amides is 4. The molecule has 29 heavy (non-hydrogen) atoms. The molecular weight excluding hydrogens is 380 g/mol. The van der Waals surface area contributed by atoms with Crippen molar-refractivity contribution in [3.63, 3.8) is 0 Å². The van der Waals surface area contributed by atoms with Gasteiger partial charge in [-0.25, -0.2) is 4.79 Å². The van der Waals surface area contributed by atoms with E-state index in [1.165, 1.54) is 20.4 Å². The second kappa shape index (κ2) is 8.38. The summed E-state index contributed by atoms with van der Waals surface area (Å²) in [6.07, 6.45) is 5.45. The van der Waals surface area contributed by atoms with E-state index in [9.17, 15) is 14.4 Å². The monoisotopic (exact) mass is 404 g/mol. The van der Waals surface area contributed by atoms with Crippen LogP contribution < -0.4 is 25.3 Å². The molecule has 2 aliphatic rings. The highest BCUT2D eigenvalue weighted by atomic mass is 16.5. The van der Waals surface area contributed by atoms with Crippen molar-refractivity contribution in [1.29, 1.82) is 0 Å². The van der Waals surface area contributed by atoms with Gasteiger partial charge in [-0.05, 0) is 25.0 Å². The van der Waals surface area contributed by atoms with Crippen LogP contribution in [0, 0.1) is 0 Å². The number of methoxy groups -OCH3 is 2. The van der Waals surface area contributed by atoms with Crippen molar-refractivity contribution < 1.29 is 28.6 Å². The molecule has 0 radical (unpaired) electrons. The molecule has 1 saturated heterocycles. The summed E-state index contributed by atoms with van der Waals surface area (Å²) in [4.78, 5) is 36.1. The van der Waals surface area contributed by atoms with E-state index in [1.54, 1.807) is 12.1 Å². The molecule has 1 aliphatic carbocycles. The van der Waals surface area contributed by atoms with E-state index >= 15 is 0 Å². The van der Waals surface area contributed by atoms with Gasteiger partial charge in [0.2, 0.25) is 5.75 Å². The Kier molecular flexibility index (Phi) is 5.90. The first-order valence-electron chi connectivity index (χ1n) is 9.28. The number of rotatable bonds is 7. The van der Waals surface area contributed by atoms with Gasteiger partial charge in [-0.15, -0.1) is 5.01 Å². The lowest BCUT2D eigenvalue weighted by Gasteiger charge is -2.29. The number of nitrogens with zero attached hydrogens (tertiary/aromatic N) is 2. The van der Waals surface area contributed by atoms with Gasteiger partial charge in [0.15, 0.2) is 18.1 Å². The molecule has 1 saturated carbocycles. The van der Waals surface area contributed by atoms with Gasteiger partial charge < -0.3 is 25.3 Å². The SMILES string of the molecule is COc1cc(/C=N\N2C(=O)NC3(CCCCC3)C2=O)cc(OC)c1OCC(N)=O. The first kappa shape index (κ1) is 20.4. The van der Waals surface area contributed by atoms with Crippen LogP contribution in [0.25, 0.3) is 0 Å². The highest BCUT2D eigenvalue weighted by molar-refractivity contribution is 6.07. The van der Waals surface area contributed by atoms with Crippen molar-refractivity contribution in [3.05, 3.63) is 17.7 Å². The number of hydrogen-bond donors (Lipinski definition) is 2. The average Bonchev–Trinajstić information content (AvgIpc) is 2.93. The quantitative estimate of drug-likeness (QED) is 0.518. The zero-order valence-corrected chi connectivity index (χ0v) is 16.4. The standard InChI is InChI=1S/C19H24N4O6/c1-27-13-8-12(9-14(28-2)16(13)29-11-15(20)24)10-21-23-17(25)19(22-18(23)26)6-4-3-5-7-19/h8-10H,3-7,11H2,1-2H3,(H2,20,24)(H,22,26)/b21-10-. The van der Waals surface area contributed by atoms with Crippen LogP contribution in [-0.2, 0) is 9.59 Å². The summed E-state index contributed by atoms with van der Waals surface area (Å²) >= 11 is 0. The van der Waals surface area contributed by atoms with Crippen LogP contribution >= 0.6 is 0 Å². The number of nitrogens with two attached hydrogens (primary N) is 1. The van der Waals surface area contributed by atoms with E-state index in [0.717, 1.165) is 24.3 Å². The van der Waals surface area contributed by atoms with Gasteiger partial charge in [-0.1, -0.05) is 19.3 Å². The van der Waals surface area contributed by atoms with Crippen LogP contribution in [0.3, 0.4) is 0 Å². The molecular formula is C19H24N4O6. The van der Waals surface area contributed by atoms with Crippen LogP contribution in [-0.4, -0.2) is 55.4 Å². The van der Waals surface area contributed by atoms with Gasteiger partial charge in [-0.3, -0.25) is 9.59 Å². The number of primary amides is 1. The molecule has 3 rings (SSSR count). The molecule has 2 fully saturated rings. The Hall–Kier alpha value is -3.30. The Morgan fingerprint density at radius 1 is 1.21 bits per heavy atom. The largest absolute Gasteiger partial charge is 0.493 e. The fourth-order valence-electron chi connectivity index (χ4n) is 3.59. The van der Waals surface area contributed by atoms with Crippen LogP contribution in [0.5, 0.6) is 17.2 Å². The van der Waals surface area contributed by atoms with Crippen LogP contribution in [0.4, 0.5) is 4.79 Å². The fraction of sp³-hybridized carbons (Fsp3) is 0.474. The lowest BCUT2D eigenvalue weighted by atomic mass is 9.82. The van der Waals surface area contributed by atoms with Crippen LogP contribution in [0.2, 0.25) is 0 Å². The Morgan fingerprint density at radius 2 is 1.83 bits per heavy atom. The minimum atomic E-state index is -0.839. The smallest absolute Gasteiger partial charge is 0.346 e. The number of hydrazone groups is 1. The van der Waals surface area contributed by atoms with E-state index < -0.39 is 17.5 Å². The number of benzene rings is 1. The summed E-state index contributed by atoms with van der Waals surface area (Å²) in [6.45, 7) is -0.343. The Balaban J connectivity index is 1.84. The molecule has 1 heterocycles. The second-order valence-electron chi connectivity index (χ2n) is 6.94. The molecule has 0 bridgehead atoms. The third-order valence-corrected chi connectivity index (χ3v) is 5.01. The number of imide groups is 1. The molecule has 0 atom stereocenters. The molecule has 1 aliphatic heterocycles. The van der Waals surface area contributed by atoms with Crippen molar-refractivity contribution in [2.45, 2.75) is 37.6 Å². The van der Waals surface area contributed by atoms with Gasteiger partial charge in [0.25, 0.3) is 11.8 Å². The first-order valence-corrected chi connectivity index (χ1v) is 9.28. The Morgan fingerprint density at radius 3 is 2.38 bits per heavy atom. The number of hydrogen-bond acceptors (Lipinski definition) is 7. The maximum Gasteiger partial charge on any atom is 0.346 e. The average molecular weight is 404 g/mol. The van der Waals surface area contributed by atoms with E-state index in [1.807, 2.05) is 0 Å². The summed E-state index contributed by atoms with van der Waals surface area (Å²) < 4.78 is 15.9. The molecule has 4 amide bonds. The number of urea groups is 1. The van der Waals surface area contributed by atoms with Gasteiger partial charge in [0, 0.05) is 5.56 Å². The molecule has 1 spiro atoms. The lowest BCUT2D eigenvalue weighted by Crippen LogP contribution is -2.48. The van der Waals surface area contributed by atoms with E-state index in [4.69, 9.17) is 19.9 Å². The maximum atomic E-state index is 12.8. The first-order chi connectivity index (χ1) is 13.9. The van der Waals surface area contributed by atoms with E-state index in [0.29, 0.717) is 18.4 Å². The summed E-state index contributed by atoms with van der Waals surface area (Å²) in [6, 6.07) is 2.63. The highest BCUT2D eigenvalue weighted by Gasteiger charge is 2.51. The summed E-state index contributed by atoms with van der Waals surface area (Å²) in [7, 11) is 2.86. The lowest BCUT2D eigenvalue weighted by molar-refractivity contribution is -0.132. The molecule has 0 unspecified atom stereocenters. The van der Waals surface area contributed by atoms with Crippen molar-refractivity contribution >= 4 is 24.1 Å². The van der Waals surface area contributed by atoms with E-state index in [-0.39, 0.29) is 29.8 Å². The number of ether oxygens (including phenoxy) is 3. The van der Waals surface area contributed by atoms with Gasteiger partial charge >= 0.3 is 6.03 Å². The zero-order valence-electron chi connectivity index (χ0n) is 16.4. The molecule has 1 aromatic carbocycles. The molecule has 0 aromatic heterocycles. The minimum Gasteiger partial charge on any atom is -0.493 e. The maximum absolute atomic E-state index is 12.8. The van der Waals surface area contributed by atoms with Crippen molar-refractivity contribution in [1.82, 2.24) is 10.3 Å². The predicted octanol–water partition coefficient (Wildman–Crippen LogP) is 1.16. The minimum absolute atomic E-state index is 0.210. The number of carbonyl (C=O) groups is 3. The molecule has 3 N–H and O–H groups in total. The third kappa shape index (κ3) is 4.10. The zero-order chi connectivity index (χ0) is 21.0. The van der Waals surface area contributed by atoms with Crippen molar-refractivity contribution in [2.75, 3.05) is 20.8 Å². The van der Waals surface area contributed by atoms with E-state index in [2.05, 4.69) is 10.4 Å². The van der Waals surface area contributed by atoms with Gasteiger partial charge in [0.05, 0.1) is 20.4 Å². The summed E-state index contributed by atoms with van der Waals surface area (Å²) in [5.41, 5.74) is 4.78. The predicted molar refractivity (Wildman–Crippen MR) is 103 cm³/mol.